The minimum atomic E-state index is -0.466. The Morgan fingerprint density at radius 2 is 1.95 bits per heavy atom. The normalized spacial score (nSPS) is 14.6. The van der Waals surface area contributed by atoms with Crippen molar-refractivity contribution in [2.75, 3.05) is 11.9 Å². The maximum atomic E-state index is 11.9. The maximum Gasteiger partial charge on any atom is 0.245 e. The van der Waals surface area contributed by atoms with E-state index >= 15 is 0 Å². The number of carbonyl (C=O) groups is 3. The number of amides is 3. The Labute approximate surface area is 120 Å². The SMILES string of the molecule is Cc1sc(NC(=O)CN2C(=O)CCC2=O)c(C#N)c1C. The highest BCUT2D eigenvalue weighted by Crippen LogP contribution is 2.31. The fraction of sp³-hybridized carbons (Fsp3) is 0.385. The van der Waals surface area contributed by atoms with Gasteiger partial charge in [-0.2, -0.15) is 5.26 Å². The van der Waals surface area contributed by atoms with Crippen LogP contribution in [-0.2, 0) is 14.4 Å². The molecule has 1 aliphatic rings. The van der Waals surface area contributed by atoms with Crippen LogP contribution >= 0.6 is 11.3 Å². The van der Waals surface area contributed by atoms with Crippen LogP contribution < -0.4 is 5.32 Å². The highest BCUT2D eigenvalue weighted by atomic mass is 32.1. The summed E-state index contributed by atoms with van der Waals surface area (Å²) in [5.41, 5.74) is 1.26. The first kappa shape index (κ1) is 14.2. The lowest BCUT2D eigenvalue weighted by Crippen LogP contribution is -2.36. The zero-order valence-corrected chi connectivity index (χ0v) is 12.0. The van der Waals surface area contributed by atoms with Gasteiger partial charge in [-0.25, -0.2) is 0 Å². The molecule has 0 radical (unpaired) electrons. The van der Waals surface area contributed by atoms with Gasteiger partial charge in [0.25, 0.3) is 0 Å². The lowest BCUT2D eigenvalue weighted by Gasteiger charge is -2.12. The maximum absolute atomic E-state index is 11.9. The summed E-state index contributed by atoms with van der Waals surface area (Å²) in [5.74, 6) is -1.13. The predicted molar refractivity (Wildman–Crippen MR) is 73.1 cm³/mol. The number of nitriles is 1. The van der Waals surface area contributed by atoms with Crippen LogP contribution in [0.4, 0.5) is 5.00 Å². The van der Waals surface area contributed by atoms with E-state index in [0.29, 0.717) is 10.6 Å². The summed E-state index contributed by atoms with van der Waals surface area (Å²) in [6.07, 6.45) is 0.319. The van der Waals surface area contributed by atoms with Gasteiger partial charge in [0.05, 0.1) is 5.56 Å². The van der Waals surface area contributed by atoms with Gasteiger partial charge < -0.3 is 5.32 Å². The molecule has 2 rings (SSSR count). The predicted octanol–water partition coefficient (Wildman–Crippen LogP) is 1.32. The fourth-order valence-electron chi connectivity index (χ4n) is 1.96. The van der Waals surface area contributed by atoms with Crippen molar-refractivity contribution in [2.24, 2.45) is 0 Å². The molecule has 1 saturated heterocycles. The van der Waals surface area contributed by atoms with Gasteiger partial charge >= 0.3 is 0 Å². The number of rotatable bonds is 3. The zero-order valence-electron chi connectivity index (χ0n) is 11.1. The summed E-state index contributed by atoms with van der Waals surface area (Å²) in [7, 11) is 0. The van der Waals surface area contributed by atoms with Crippen molar-refractivity contribution in [2.45, 2.75) is 26.7 Å². The first-order chi connectivity index (χ1) is 9.43. The van der Waals surface area contributed by atoms with E-state index in [0.717, 1.165) is 15.3 Å². The Balaban J connectivity index is 2.09. The van der Waals surface area contributed by atoms with Crippen LogP contribution in [0, 0.1) is 25.2 Å². The standard InChI is InChI=1S/C13H13N3O3S/c1-7-8(2)20-13(9(7)5-14)15-10(17)6-16-11(18)3-4-12(16)19/h3-4,6H2,1-2H3,(H,15,17). The number of nitrogens with one attached hydrogen (secondary N) is 1. The van der Waals surface area contributed by atoms with Crippen molar-refractivity contribution in [3.63, 3.8) is 0 Å². The van der Waals surface area contributed by atoms with Crippen molar-refractivity contribution >= 4 is 34.1 Å². The number of carbonyl (C=O) groups excluding carboxylic acids is 3. The lowest BCUT2D eigenvalue weighted by molar-refractivity contribution is -0.141. The molecule has 6 nitrogen and oxygen atoms in total. The molecule has 1 aromatic heterocycles. The van der Waals surface area contributed by atoms with Crippen LogP contribution in [-0.4, -0.2) is 29.2 Å². The average molecular weight is 291 g/mol. The molecule has 1 aromatic rings. The molecule has 2 heterocycles. The second kappa shape index (κ2) is 5.43. The molecule has 1 fully saturated rings. The minimum absolute atomic E-state index is 0.160. The molecule has 7 heteroatoms. The second-order valence-corrected chi connectivity index (χ2v) is 5.75. The third-order valence-corrected chi connectivity index (χ3v) is 4.33. The quantitative estimate of drug-likeness (QED) is 0.850. The number of imide groups is 1. The molecule has 0 aliphatic carbocycles. The van der Waals surface area contributed by atoms with E-state index in [2.05, 4.69) is 5.32 Å². The summed E-state index contributed by atoms with van der Waals surface area (Å²) in [4.78, 5) is 36.6. The summed E-state index contributed by atoms with van der Waals surface area (Å²) in [6, 6.07) is 2.05. The number of hydrogen-bond acceptors (Lipinski definition) is 5. The fourth-order valence-corrected chi connectivity index (χ4v) is 2.99. The van der Waals surface area contributed by atoms with Crippen LogP contribution in [0.1, 0.15) is 28.8 Å². The van der Waals surface area contributed by atoms with Crippen molar-refractivity contribution in [3.05, 3.63) is 16.0 Å². The average Bonchev–Trinajstić information content (AvgIpc) is 2.84. The van der Waals surface area contributed by atoms with E-state index in [1.807, 2.05) is 19.9 Å². The molecule has 1 N–H and O–H groups in total. The molecule has 0 aromatic carbocycles. The summed E-state index contributed by atoms with van der Waals surface area (Å²) < 4.78 is 0. The Kier molecular flexibility index (Phi) is 3.86. The number of anilines is 1. The van der Waals surface area contributed by atoms with Crippen LogP contribution in [0.5, 0.6) is 0 Å². The van der Waals surface area contributed by atoms with Crippen LogP contribution in [0.2, 0.25) is 0 Å². The Bertz CT molecular complexity index is 626. The van der Waals surface area contributed by atoms with Gasteiger partial charge in [0.2, 0.25) is 17.7 Å². The Morgan fingerprint density at radius 1 is 1.35 bits per heavy atom. The lowest BCUT2D eigenvalue weighted by atomic mass is 10.2. The molecule has 3 amide bonds. The van der Waals surface area contributed by atoms with Gasteiger partial charge in [0, 0.05) is 17.7 Å². The van der Waals surface area contributed by atoms with Crippen LogP contribution in [0.25, 0.3) is 0 Å². The van der Waals surface area contributed by atoms with Crippen LogP contribution in [0.15, 0.2) is 0 Å². The Morgan fingerprint density at radius 3 is 2.50 bits per heavy atom. The summed E-state index contributed by atoms with van der Waals surface area (Å²) in [6.45, 7) is 3.39. The van der Waals surface area contributed by atoms with Gasteiger partial charge in [0.1, 0.15) is 17.6 Å². The van der Waals surface area contributed by atoms with Crippen LogP contribution in [0.3, 0.4) is 0 Å². The Hall–Kier alpha value is -2.20. The molecular formula is C13H13N3O3S. The van der Waals surface area contributed by atoms with E-state index in [4.69, 9.17) is 5.26 Å². The number of hydrogen-bond donors (Lipinski definition) is 1. The first-order valence-electron chi connectivity index (χ1n) is 6.07. The van der Waals surface area contributed by atoms with E-state index in [1.54, 1.807) is 0 Å². The molecule has 0 saturated carbocycles. The number of aryl methyl sites for hydroxylation is 1. The van der Waals surface area contributed by atoms with Gasteiger partial charge in [-0.05, 0) is 19.4 Å². The molecule has 104 valence electrons. The summed E-state index contributed by atoms with van der Waals surface area (Å²) >= 11 is 1.31. The largest absolute Gasteiger partial charge is 0.315 e. The molecule has 0 unspecified atom stereocenters. The van der Waals surface area contributed by atoms with Crippen molar-refractivity contribution in [3.8, 4) is 6.07 Å². The number of nitrogens with zero attached hydrogens (tertiary/aromatic N) is 2. The van der Waals surface area contributed by atoms with E-state index in [-0.39, 0.29) is 31.2 Å². The minimum Gasteiger partial charge on any atom is -0.315 e. The van der Waals surface area contributed by atoms with Gasteiger partial charge in [-0.3, -0.25) is 19.3 Å². The summed E-state index contributed by atoms with van der Waals surface area (Å²) in [5, 5.41) is 12.1. The van der Waals surface area contributed by atoms with E-state index in [1.165, 1.54) is 11.3 Å². The highest BCUT2D eigenvalue weighted by molar-refractivity contribution is 7.16. The van der Waals surface area contributed by atoms with Crippen molar-refractivity contribution < 1.29 is 14.4 Å². The topological polar surface area (TPSA) is 90.3 Å². The van der Waals surface area contributed by atoms with Crippen molar-refractivity contribution in [1.29, 1.82) is 5.26 Å². The smallest absolute Gasteiger partial charge is 0.245 e. The molecule has 20 heavy (non-hydrogen) atoms. The molecule has 0 bridgehead atoms. The van der Waals surface area contributed by atoms with Gasteiger partial charge in [-0.1, -0.05) is 0 Å². The monoisotopic (exact) mass is 291 g/mol. The molecule has 0 spiro atoms. The third kappa shape index (κ3) is 2.56. The van der Waals surface area contributed by atoms with E-state index in [9.17, 15) is 14.4 Å². The molecular weight excluding hydrogens is 278 g/mol. The third-order valence-electron chi connectivity index (χ3n) is 3.21. The first-order valence-corrected chi connectivity index (χ1v) is 6.88. The number of likely N-dealkylation sites (tertiary alicyclic amines) is 1. The highest BCUT2D eigenvalue weighted by Gasteiger charge is 2.30. The zero-order chi connectivity index (χ0) is 14.9. The number of thiophene rings is 1. The van der Waals surface area contributed by atoms with Gasteiger partial charge in [-0.15, -0.1) is 11.3 Å². The van der Waals surface area contributed by atoms with E-state index < -0.39 is 5.91 Å². The second-order valence-electron chi connectivity index (χ2n) is 4.52. The van der Waals surface area contributed by atoms with Crippen molar-refractivity contribution in [1.82, 2.24) is 4.90 Å². The van der Waals surface area contributed by atoms with Gasteiger partial charge in [0.15, 0.2) is 0 Å². The molecule has 0 atom stereocenters. The molecule has 1 aliphatic heterocycles.